The molecule has 0 amide bonds. The minimum atomic E-state index is 0.313. The van der Waals surface area contributed by atoms with Gasteiger partial charge in [-0.3, -0.25) is 0 Å². The van der Waals surface area contributed by atoms with E-state index in [9.17, 15) is 0 Å². The second-order valence-corrected chi connectivity index (χ2v) is 6.58. The number of nitrogens with one attached hydrogen (secondary N) is 1. The lowest BCUT2D eigenvalue weighted by atomic mass is 9.81. The number of rotatable bonds is 1. The summed E-state index contributed by atoms with van der Waals surface area (Å²) < 4.78 is 0. The summed E-state index contributed by atoms with van der Waals surface area (Å²) in [7, 11) is 0. The standard InChI is InChI=1S/C14H22N2S/c1-11(2)16-8-5-14(6-9-16)13-12(3-7-15-14)4-10-17-13/h4,10-11,15H,3,5-9H2,1-2H3. The van der Waals surface area contributed by atoms with Crippen molar-refractivity contribution in [3.63, 3.8) is 0 Å². The zero-order valence-electron chi connectivity index (χ0n) is 10.8. The van der Waals surface area contributed by atoms with Crippen molar-refractivity contribution in [3.8, 4) is 0 Å². The second-order valence-electron chi connectivity index (χ2n) is 5.66. The van der Waals surface area contributed by atoms with Crippen molar-refractivity contribution in [1.82, 2.24) is 10.2 Å². The summed E-state index contributed by atoms with van der Waals surface area (Å²) in [6.07, 6.45) is 3.77. The highest BCUT2D eigenvalue weighted by Crippen LogP contribution is 2.40. The number of hydrogen-bond acceptors (Lipinski definition) is 3. The van der Waals surface area contributed by atoms with E-state index in [0.29, 0.717) is 11.6 Å². The van der Waals surface area contributed by atoms with Crippen LogP contribution in [0.3, 0.4) is 0 Å². The molecule has 3 rings (SSSR count). The molecule has 1 spiro atoms. The molecule has 17 heavy (non-hydrogen) atoms. The van der Waals surface area contributed by atoms with Gasteiger partial charge < -0.3 is 10.2 Å². The summed E-state index contributed by atoms with van der Waals surface area (Å²) in [6, 6.07) is 3.02. The van der Waals surface area contributed by atoms with Crippen LogP contribution in [-0.4, -0.2) is 30.6 Å². The minimum Gasteiger partial charge on any atom is -0.306 e. The Kier molecular flexibility index (Phi) is 3.01. The van der Waals surface area contributed by atoms with Crippen LogP contribution in [0.2, 0.25) is 0 Å². The molecule has 0 saturated carbocycles. The summed E-state index contributed by atoms with van der Waals surface area (Å²) in [5, 5.41) is 6.09. The number of thiophene rings is 1. The first-order chi connectivity index (χ1) is 8.21. The zero-order valence-corrected chi connectivity index (χ0v) is 11.6. The van der Waals surface area contributed by atoms with E-state index < -0.39 is 0 Å². The van der Waals surface area contributed by atoms with Crippen LogP contribution in [0, 0.1) is 0 Å². The quantitative estimate of drug-likeness (QED) is 0.824. The van der Waals surface area contributed by atoms with Crippen molar-refractivity contribution >= 4 is 11.3 Å². The number of likely N-dealkylation sites (tertiary alicyclic amines) is 1. The smallest absolute Gasteiger partial charge is 0.0556 e. The lowest BCUT2D eigenvalue weighted by Crippen LogP contribution is -2.54. The molecular weight excluding hydrogens is 228 g/mol. The Morgan fingerprint density at radius 1 is 1.35 bits per heavy atom. The average molecular weight is 250 g/mol. The molecule has 1 aromatic rings. The first-order valence-corrected chi connectivity index (χ1v) is 7.65. The fourth-order valence-electron chi connectivity index (χ4n) is 3.30. The lowest BCUT2D eigenvalue weighted by molar-refractivity contribution is 0.108. The van der Waals surface area contributed by atoms with Crippen LogP contribution in [0.1, 0.15) is 37.1 Å². The SMILES string of the molecule is CC(C)N1CCC2(CC1)NCCc1ccsc12. The van der Waals surface area contributed by atoms with Gasteiger partial charge in [0, 0.05) is 30.6 Å². The molecule has 0 atom stereocenters. The van der Waals surface area contributed by atoms with E-state index in [1.54, 1.807) is 10.4 Å². The van der Waals surface area contributed by atoms with Gasteiger partial charge in [0.15, 0.2) is 0 Å². The summed E-state index contributed by atoms with van der Waals surface area (Å²) in [4.78, 5) is 4.24. The molecule has 94 valence electrons. The van der Waals surface area contributed by atoms with Gasteiger partial charge in [0.05, 0.1) is 5.54 Å². The molecule has 0 aliphatic carbocycles. The molecule has 0 bridgehead atoms. The molecule has 2 nitrogen and oxygen atoms in total. The van der Waals surface area contributed by atoms with Gasteiger partial charge in [-0.2, -0.15) is 0 Å². The fraction of sp³-hybridized carbons (Fsp3) is 0.714. The van der Waals surface area contributed by atoms with Crippen molar-refractivity contribution in [2.45, 2.75) is 44.7 Å². The maximum atomic E-state index is 3.82. The van der Waals surface area contributed by atoms with Crippen LogP contribution < -0.4 is 5.32 Å². The predicted octanol–water partition coefficient (Wildman–Crippen LogP) is 2.59. The maximum absolute atomic E-state index is 3.82. The summed E-state index contributed by atoms with van der Waals surface area (Å²) in [5.74, 6) is 0. The van der Waals surface area contributed by atoms with Crippen LogP contribution in [0.5, 0.6) is 0 Å². The Balaban J connectivity index is 1.82. The van der Waals surface area contributed by atoms with Gasteiger partial charge in [-0.1, -0.05) is 0 Å². The van der Waals surface area contributed by atoms with E-state index in [0.717, 1.165) is 6.54 Å². The molecule has 0 radical (unpaired) electrons. The highest BCUT2D eigenvalue weighted by molar-refractivity contribution is 7.10. The van der Waals surface area contributed by atoms with Crippen LogP contribution >= 0.6 is 11.3 Å². The minimum absolute atomic E-state index is 0.313. The molecule has 1 fully saturated rings. The van der Waals surface area contributed by atoms with Crippen molar-refractivity contribution < 1.29 is 0 Å². The summed E-state index contributed by atoms with van der Waals surface area (Å²) >= 11 is 1.96. The molecule has 0 aromatic carbocycles. The Morgan fingerprint density at radius 2 is 2.12 bits per heavy atom. The third kappa shape index (κ3) is 1.94. The van der Waals surface area contributed by atoms with Crippen LogP contribution in [-0.2, 0) is 12.0 Å². The molecule has 3 heteroatoms. The average Bonchev–Trinajstić information content (AvgIpc) is 2.80. The number of nitrogens with zero attached hydrogens (tertiary/aromatic N) is 1. The third-order valence-electron chi connectivity index (χ3n) is 4.42. The van der Waals surface area contributed by atoms with E-state index in [1.807, 2.05) is 11.3 Å². The van der Waals surface area contributed by atoms with E-state index in [-0.39, 0.29) is 0 Å². The van der Waals surface area contributed by atoms with Gasteiger partial charge in [-0.25, -0.2) is 0 Å². The topological polar surface area (TPSA) is 15.3 Å². The first-order valence-electron chi connectivity index (χ1n) is 6.77. The van der Waals surface area contributed by atoms with Gasteiger partial charge in [0.2, 0.25) is 0 Å². The number of fused-ring (bicyclic) bond motifs is 2. The van der Waals surface area contributed by atoms with Gasteiger partial charge in [0.25, 0.3) is 0 Å². The molecular formula is C14H22N2S. The fourth-order valence-corrected chi connectivity index (χ4v) is 4.49. The lowest BCUT2D eigenvalue weighted by Gasteiger charge is -2.45. The predicted molar refractivity (Wildman–Crippen MR) is 73.6 cm³/mol. The molecule has 1 saturated heterocycles. The molecule has 1 N–H and O–H groups in total. The van der Waals surface area contributed by atoms with E-state index >= 15 is 0 Å². The second kappa shape index (κ2) is 4.38. The highest BCUT2D eigenvalue weighted by atomic mass is 32.1. The van der Waals surface area contributed by atoms with Gasteiger partial charge in [-0.05, 0) is 50.1 Å². The molecule has 2 aliphatic heterocycles. The first kappa shape index (κ1) is 11.7. The van der Waals surface area contributed by atoms with Crippen LogP contribution in [0.25, 0.3) is 0 Å². The molecule has 1 aromatic heterocycles. The maximum Gasteiger partial charge on any atom is 0.0556 e. The van der Waals surface area contributed by atoms with E-state index in [1.165, 1.54) is 32.4 Å². The van der Waals surface area contributed by atoms with Crippen molar-refractivity contribution in [2.75, 3.05) is 19.6 Å². The summed E-state index contributed by atoms with van der Waals surface area (Å²) in [6.45, 7) is 8.25. The van der Waals surface area contributed by atoms with Crippen molar-refractivity contribution in [2.24, 2.45) is 0 Å². The summed E-state index contributed by atoms with van der Waals surface area (Å²) in [5.41, 5.74) is 1.92. The molecule has 0 unspecified atom stereocenters. The van der Waals surface area contributed by atoms with E-state index in [2.05, 4.69) is 35.5 Å². The molecule has 3 heterocycles. The third-order valence-corrected chi connectivity index (χ3v) is 5.58. The Labute approximate surface area is 108 Å². The van der Waals surface area contributed by atoms with Gasteiger partial charge in [0.1, 0.15) is 0 Å². The van der Waals surface area contributed by atoms with E-state index in [4.69, 9.17) is 0 Å². The largest absolute Gasteiger partial charge is 0.306 e. The Bertz CT molecular complexity index is 389. The highest BCUT2D eigenvalue weighted by Gasteiger charge is 2.40. The normalized spacial score (nSPS) is 24.2. The monoisotopic (exact) mass is 250 g/mol. The van der Waals surface area contributed by atoms with Gasteiger partial charge in [-0.15, -0.1) is 11.3 Å². The molecule has 2 aliphatic rings. The number of piperidine rings is 1. The van der Waals surface area contributed by atoms with Crippen molar-refractivity contribution in [3.05, 3.63) is 21.9 Å². The Morgan fingerprint density at radius 3 is 2.82 bits per heavy atom. The van der Waals surface area contributed by atoms with Gasteiger partial charge >= 0.3 is 0 Å². The zero-order chi connectivity index (χ0) is 11.9. The van der Waals surface area contributed by atoms with Crippen molar-refractivity contribution in [1.29, 1.82) is 0 Å². The Hall–Kier alpha value is -0.380. The van der Waals surface area contributed by atoms with Crippen LogP contribution in [0.4, 0.5) is 0 Å². The van der Waals surface area contributed by atoms with Crippen LogP contribution in [0.15, 0.2) is 11.4 Å². The number of hydrogen-bond donors (Lipinski definition) is 1.